The van der Waals surface area contributed by atoms with Gasteiger partial charge in [0.1, 0.15) is 17.3 Å². The molecule has 0 radical (unpaired) electrons. The summed E-state index contributed by atoms with van der Waals surface area (Å²) >= 11 is 0. The Morgan fingerprint density at radius 1 is 1.30 bits per heavy atom. The van der Waals surface area contributed by atoms with Gasteiger partial charge in [0.25, 0.3) is 5.91 Å². The number of primary amides is 1. The Hall–Kier alpha value is -3.09. The molecule has 4 rings (SSSR count). The summed E-state index contributed by atoms with van der Waals surface area (Å²) in [6.45, 7) is 2.23. The van der Waals surface area contributed by atoms with E-state index in [9.17, 15) is 4.79 Å². The molecule has 0 aliphatic carbocycles. The second-order valence-corrected chi connectivity index (χ2v) is 5.52. The summed E-state index contributed by atoms with van der Waals surface area (Å²) in [6, 6.07) is 9.67. The molecule has 1 aromatic carbocycles. The van der Waals surface area contributed by atoms with Crippen molar-refractivity contribution in [1.29, 1.82) is 0 Å². The van der Waals surface area contributed by atoms with E-state index in [1.54, 1.807) is 6.07 Å². The number of aliphatic imine (C=N–C) groups is 1. The molecule has 1 amide bonds. The average Bonchev–Trinajstić information content (AvgIpc) is 3.14. The number of nitrogens with two attached hydrogens (primary N) is 2. The number of carbonyl (C=O) groups excluding carboxylic acids is 1. The lowest BCUT2D eigenvalue weighted by Gasteiger charge is -2.08. The van der Waals surface area contributed by atoms with E-state index in [0.29, 0.717) is 6.54 Å². The maximum Gasteiger partial charge on any atom is 0.252 e. The Morgan fingerprint density at radius 2 is 2.13 bits per heavy atom. The number of pyridine rings is 1. The summed E-state index contributed by atoms with van der Waals surface area (Å²) in [4.78, 5) is 20.4. The third kappa shape index (κ3) is 2.09. The van der Waals surface area contributed by atoms with Gasteiger partial charge in [-0.15, -0.1) is 0 Å². The maximum atomic E-state index is 11.6. The summed E-state index contributed by atoms with van der Waals surface area (Å²) in [6.07, 6.45) is 0. The fourth-order valence-electron chi connectivity index (χ4n) is 3.03. The number of anilines is 1. The molecule has 0 saturated heterocycles. The van der Waals surface area contributed by atoms with Crippen molar-refractivity contribution in [1.82, 2.24) is 14.9 Å². The van der Waals surface area contributed by atoms with E-state index < -0.39 is 5.91 Å². The number of amides is 1. The second-order valence-electron chi connectivity index (χ2n) is 5.52. The Labute approximate surface area is 132 Å². The molecule has 0 atom stereocenters. The Balaban J connectivity index is 2.02. The molecule has 1 aliphatic rings. The molecule has 2 aromatic heterocycles. The normalized spacial score (nSPS) is 14.2. The lowest BCUT2D eigenvalue weighted by Crippen LogP contribution is -2.23. The summed E-state index contributed by atoms with van der Waals surface area (Å²) in [7, 11) is 0. The molecule has 0 unspecified atom stereocenters. The monoisotopic (exact) mass is 308 g/mol. The second kappa shape index (κ2) is 4.98. The number of benzene rings is 1. The third-order valence-corrected chi connectivity index (χ3v) is 4.09. The Morgan fingerprint density at radius 3 is 2.87 bits per heavy atom. The van der Waals surface area contributed by atoms with E-state index in [1.165, 1.54) is 0 Å². The zero-order chi connectivity index (χ0) is 16.0. The highest BCUT2D eigenvalue weighted by atomic mass is 16.1. The minimum atomic E-state index is -0.574. The van der Waals surface area contributed by atoms with Gasteiger partial charge >= 0.3 is 0 Å². The van der Waals surface area contributed by atoms with Crippen LogP contribution < -0.4 is 16.8 Å². The first-order valence-corrected chi connectivity index (χ1v) is 7.39. The van der Waals surface area contributed by atoms with E-state index in [4.69, 9.17) is 11.5 Å². The summed E-state index contributed by atoms with van der Waals surface area (Å²) in [5.74, 6) is 0.498. The predicted molar refractivity (Wildman–Crippen MR) is 90.5 cm³/mol. The first-order valence-electron chi connectivity index (χ1n) is 7.39. The molecule has 7 nitrogen and oxygen atoms in total. The topological polar surface area (TPSA) is 111 Å². The van der Waals surface area contributed by atoms with Gasteiger partial charge in [0, 0.05) is 17.3 Å². The van der Waals surface area contributed by atoms with E-state index in [1.807, 2.05) is 24.3 Å². The third-order valence-electron chi connectivity index (χ3n) is 4.09. The molecule has 23 heavy (non-hydrogen) atoms. The van der Waals surface area contributed by atoms with Crippen molar-refractivity contribution in [3.8, 4) is 0 Å². The number of fused-ring (bicyclic) bond motifs is 3. The van der Waals surface area contributed by atoms with Crippen molar-refractivity contribution < 1.29 is 4.79 Å². The van der Waals surface area contributed by atoms with Gasteiger partial charge in [-0.3, -0.25) is 9.79 Å². The summed E-state index contributed by atoms with van der Waals surface area (Å²) in [5.41, 5.74) is 13.3. The van der Waals surface area contributed by atoms with Crippen LogP contribution in [0.3, 0.4) is 0 Å². The highest BCUT2D eigenvalue weighted by molar-refractivity contribution is 6.11. The molecular weight excluding hydrogens is 292 g/mol. The van der Waals surface area contributed by atoms with Crippen LogP contribution in [-0.2, 0) is 6.54 Å². The molecule has 0 saturated carbocycles. The SMILES string of the molecule is NC(=O)c1cc2c3ccccc3n(CC3=NCCN3)c2nc1N. The van der Waals surface area contributed by atoms with Crippen LogP contribution in [0.2, 0.25) is 0 Å². The number of nitrogens with one attached hydrogen (secondary N) is 1. The molecule has 5 N–H and O–H groups in total. The van der Waals surface area contributed by atoms with Crippen LogP contribution in [0, 0.1) is 0 Å². The van der Waals surface area contributed by atoms with Gasteiger partial charge in [0.2, 0.25) is 0 Å². The van der Waals surface area contributed by atoms with Gasteiger partial charge in [-0.1, -0.05) is 18.2 Å². The maximum absolute atomic E-state index is 11.6. The first kappa shape index (κ1) is 13.6. The molecule has 0 spiro atoms. The number of aromatic nitrogens is 2. The highest BCUT2D eigenvalue weighted by Crippen LogP contribution is 2.30. The minimum absolute atomic E-state index is 0.148. The fourth-order valence-corrected chi connectivity index (χ4v) is 3.03. The standard InChI is InChI=1S/C16H16N6O/c17-14-11(15(18)23)7-10-9-3-1-2-4-12(9)22(16(10)21-14)8-13-19-5-6-20-13/h1-4,7H,5-6,8H2,(H2,17,21)(H2,18,23)(H,19,20). The molecule has 116 valence electrons. The quantitative estimate of drug-likeness (QED) is 0.666. The van der Waals surface area contributed by atoms with Gasteiger partial charge in [0.15, 0.2) is 0 Å². The van der Waals surface area contributed by atoms with Crippen molar-refractivity contribution >= 4 is 39.5 Å². The number of hydrogen-bond acceptors (Lipinski definition) is 5. The number of para-hydroxylation sites is 1. The number of hydrogen-bond donors (Lipinski definition) is 3. The van der Waals surface area contributed by atoms with Crippen LogP contribution >= 0.6 is 0 Å². The van der Waals surface area contributed by atoms with E-state index >= 15 is 0 Å². The lowest BCUT2D eigenvalue weighted by atomic mass is 10.1. The molecular formula is C16H16N6O. The number of carbonyl (C=O) groups is 1. The van der Waals surface area contributed by atoms with Gasteiger partial charge in [0.05, 0.1) is 24.2 Å². The van der Waals surface area contributed by atoms with Crippen LogP contribution in [0.15, 0.2) is 35.3 Å². The highest BCUT2D eigenvalue weighted by Gasteiger charge is 2.18. The van der Waals surface area contributed by atoms with Crippen molar-refractivity contribution in [2.45, 2.75) is 6.54 Å². The molecule has 3 aromatic rings. The number of amidine groups is 1. The van der Waals surface area contributed by atoms with Crippen molar-refractivity contribution in [3.63, 3.8) is 0 Å². The Kier molecular flexibility index (Phi) is 2.94. The lowest BCUT2D eigenvalue weighted by molar-refractivity contribution is 0.100. The van der Waals surface area contributed by atoms with Crippen LogP contribution in [0.25, 0.3) is 21.9 Å². The average molecular weight is 308 g/mol. The van der Waals surface area contributed by atoms with E-state index in [-0.39, 0.29) is 11.4 Å². The molecule has 0 fully saturated rings. The largest absolute Gasteiger partial charge is 0.383 e. The van der Waals surface area contributed by atoms with Gasteiger partial charge in [-0.2, -0.15) is 0 Å². The van der Waals surface area contributed by atoms with Gasteiger partial charge in [-0.25, -0.2) is 4.98 Å². The number of nitrogen functional groups attached to an aromatic ring is 1. The molecule has 3 heterocycles. The summed E-state index contributed by atoms with van der Waals surface area (Å²) in [5, 5.41) is 5.14. The Bertz CT molecular complexity index is 972. The number of rotatable bonds is 3. The number of nitrogens with zero attached hydrogens (tertiary/aromatic N) is 3. The molecule has 1 aliphatic heterocycles. The summed E-state index contributed by atoms with van der Waals surface area (Å²) < 4.78 is 2.06. The van der Waals surface area contributed by atoms with Crippen molar-refractivity contribution in [2.75, 3.05) is 18.8 Å². The van der Waals surface area contributed by atoms with E-state index in [2.05, 4.69) is 19.9 Å². The molecule has 0 bridgehead atoms. The van der Waals surface area contributed by atoms with Crippen molar-refractivity contribution in [3.05, 3.63) is 35.9 Å². The predicted octanol–water partition coefficient (Wildman–Crippen LogP) is 0.872. The van der Waals surface area contributed by atoms with Crippen LogP contribution in [0.4, 0.5) is 5.82 Å². The van der Waals surface area contributed by atoms with Crippen LogP contribution in [0.1, 0.15) is 10.4 Å². The van der Waals surface area contributed by atoms with E-state index in [0.717, 1.165) is 40.9 Å². The van der Waals surface area contributed by atoms with Crippen molar-refractivity contribution in [2.24, 2.45) is 10.7 Å². The van der Waals surface area contributed by atoms with Gasteiger partial charge < -0.3 is 21.4 Å². The van der Waals surface area contributed by atoms with Crippen LogP contribution in [0.5, 0.6) is 0 Å². The molecule has 7 heteroatoms. The minimum Gasteiger partial charge on any atom is -0.383 e. The zero-order valence-corrected chi connectivity index (χ0v) is 12.4. The first-order chi connectivity index (χ1) is 11.1. The smallest absolute Gasteiger partial charge is 0.252 e. The zero-order valence-electron chi connectivity index (χ0n) is 12.4. The fraction of sp³-hybridized carbons (Fsp3) is 0.188. The van der Waals surface area contributed by atoms with Gasteiger partial charge in [-0.05, 0) is 12.1 Å². The van der Waals surface area contributed by atoms with Crippen LogP contribution in [-0.4, -0.2) is 34.4 Å².